The van der Waals surface area contributed by atoms with Gasteiger partial charge in [-0.2, -0.15) is 4.89 Å². The van der Waals surface area contributed by atoms with E-state index >= 15 is 0 Å². The highest BCUT2D eigenvalue weighted by molar-refractivity contribution is 6.12. The zero-order valence-corrected chi connectivity index (χ0v) is 17.7. The molecule has 0 radical (unpaired) electrons. The molecular weight excluding hydrogens is 362 g/mol. The number of ether oxygens (including phenoxy) is 2. The lowest BCUT2D eigenvalue weighted by Crippen LogP contribution is -2.62. The van der Waals surface area contributed by atoms with Crippen molar-refractivity contribution in [3.05, 3.63) is 12.2 Å². The van der Waals surface area contributed by atoms with Gasteiger partial charge in [0.25, 0.3) is 11.8 Å². The van der Waals surface area contributed by atoms with E-state index in [1.54, 1.807) is 0 Å². The number of rotatable bonds is 10. The van der Waals surface area contributed by atoms with Crippen molar-refractivity contribution in [2.45, 2.75) is 71.9 Å². The van der Waals surface area contributed by atoms with Crippen molar-refractivity contribution in [1.29, 1.82) is 0 Å². The third kappa shape index (κ3) is 3.77. The molecule has 1 heterocycles. The maximum absolute atomic E-state index is 11.9. The second kappa shape index (κ2) is 7.86. The van der Waals surface area contributed by atoms with E-state index in [4.69, 9.17) is 19.2 Å². The number of fused-ring (bicyclic) bond motifs is 2. The molecule has 2 bridgehead atoms. The fourth-order valence-electron chi connectivity index (χ4n) is 5.05. The molecule has 3 aliphatic carbocycles. The van der Waals surface area contributed by atoms with Crippen molar-refractivity contribution in [3.63, 3.8) is 0 Å². The Labute approximate surface area is 167 Å². The van der Waals surface area contributed by atoms with Crippen LogP contribution in [0.5, 0.6) is 0 Å². The summed E-state index contributed by atoms with van der Waals surface area (Å²) >= 11 is 0. The van der Waals surface area contributed by atoms with Gasteiger partial charge in [-0.05, 0) is 57.3 Å². The molecule has 3 saturated carbocycles. The van der Waals surface area contributed by atoms with E-state index in [9.17, 15) is 9.59 Å². The van der Waals surface area contributed by atoms with Crippen molar-refractivity contribution in [2.75, 3.05) is 19.8 Å². The molecule has 7 heteroatoms. The van der Waals surface area contributed by atoms with Crippen LogP contribution in [0.1, 0.15) is 60.3 Å². The summed E-state index contributed by atoms with van der Waals surface area (Å²) in [6.07, 6.45) is 5.88. The highest BCUT2D eigenvalue weighted by Gasteiger charge is 2.61. The minimum absolute atomic E-state index is 0.127. The maximum atomic E-state index is 11.9. The lowest BCUT2D eigenvalue weighted by atomic mass is 9.44. The van der Waals surface area contributed by atoms with Crippen LogP contribution in [0.15, 0.2) is 12.2 Å². The van der Waals surface area contributed by atoms with Crippen LogP contribution in [0.3, 0.4) is 0 Å². The van der Waals surface area contributed by atoms with Gasteiger partial charge >= 0.3 is 5.97 Å². The molecule has 4 aliphatic rings. The van der Waals surface area contributed by atoms with E-state index in [2.05, 4.69) is 20.8 Å². The molecule has 3 atom stereocenters. The summed E-state index contributed by atoms with van der Waals surface area (Å²) in [5.41, 5.74) is -0.186. The molecular formula is C21H33NO6. The number of hydrogen-bond acceptors (Lipinski definition) is 6. The third-order valence-corrected chi connectivity index (χ3v) is 6.83. The zero-order chi connectivity index (χ0) is 20.6. The predicted octanol–water partition coefficient (Wildman–Crippen LogP) is 3.19. The van der Waals surface area contributed by atoms with E-state index in [1.807, 2.05) is 13.8 Å². The summed E-state index contributed by atoms with van der Waals surface area (Å²) in [5.74, 6) is -0.980. The number of imide groups is 1. The molecule has 4 rings (SSSR count). The summed E-state index contributed by atoms with van der Waals surface area (Å²) in [6, 6.07) is 0. The van der Waals surface area contributed by atoms with E-state index < -0.39 is 11.6 Å². The molecule has 3 unspecified atom stereocenters. The predicted molar refractivity (Wildman–Crippen MR) is 102 cm³/mol. The molecule has 28 heavy (non-hydrogen) atoms. The fourth-order valence-corrected chi connectivity index (χ4v) is 5.05. The first-order chi connectivity index (χ1) is 13.2. The summed E-state index contributed by atoms with van der Waals surface area (Å²) in [6.45, 7) is 11.2. The molecule has 3 fully saturated rings. The number of hydrogen-bond donors (Lipinski definition) is 0. The van der Waals surface area contributed by atoms with Gasteiger partial charge in [0, 0.05) is 31.9 Å². The summed E-state index contributed by atoms with van der Waals surface area (Å²) < 4.78 is 11.6. The number of carbonyl (C=O) groups is 2. The van der Waals surface area contributed by atoms with Crippen LogP contribution in [0.25, 0.3) is 0 Å². The monoisotopic (exact) mass is 395 g/mol. The van der Waals surface area contributed by atoms with Crippen LogP contribution in [-0.4, -0.2) is 48.0 Å². The van der Waals surface area contributed by atoms with Gasteiger partial charge in [-0.3, -0.25) is 14.5 Å². The quantitative estimate of drug-likeness (QED) is 0.245. The number of amides is 2. The summed E-state index contributed by atoms with van der Waals surface area (Å²) in [7, 11) is 0. The lowest BCUT2D eigenvalue weighted by Gasteiger charge is -2.63. The van der Waals surface area contributed by atoms with Gasteiger partial charge in [-0.25, -0.2) is 4.89 Å². The average Bonchev–Trinajstić information content (AvgIpc) is 2.96. The second-order valence-corrected chi connectivity index (χ2v) is 8.79. The molecule has 2 amide bonds. The standard InChI is InChI=1S/C21H33NO6/c1-6-25-21(26-7-2,12-13-22-17(23)8-9-18(22)24)28-27-20(5)11-10-15-14-16(20)19(15,3)4/h8-9,15-16H,6-7,10-14H2,1-5H3. The maximum Gasteiger partial charge on any atom is 0.313 e. The van der Waals surface area contributed by atoms with Crippen molar-refractivity contribution in [2.24, 2.45) is 17.3 Å². The van der Waals surface area contributed by atoms with Gasteiger partial charge in [-0.1, -0.05) is 13.8 Å². The first-order valence-corrected chi connectivity index (χ1v) is 10.4. The summed E-state index contributed by atoms with van der Waals surface area (Å²) in [4.78, 5) is 36.8. The van der Waals surface area contributed by atoms with Crippen LogP contribution in [0.2, 0.25) is 0 Å². The highest BCUT2D eigenvalue weighted by Crippen LogP contribution is 2.63. The van der Waals surface area contributed by atoms with Crippen molar-refractivity contribution in [3.8, 4) is 0 Å². The molecule has 158 valence electrons. The molecule has 0 saturated heterocycles. The van der Waals surface area contributed by atoms with Gasteiger partial charge in [0.05, 0.1) is 6.42 Å². The van der Waals surface area contributed by atoms with Gasteiger partial charge in [-0.15, -0.1) is 0 Å². The van der Waals surface area contributed by atoms with E-state index in [0.29, 0.717) is 19.1 Å². The van der Waals surface area contributed by atoms with Gasteiger partial charge in [0.2, 0.25) is 0 Å². The normalized spacial score (nSPS) is 31.4. The van der Waals surface area contributed by atoms with E-state index in [-0.39, 0.29) is 30.2 Å². The summed E-state index contributed by atoms with van der Waals surface area (Å²) in [5, 5.41) is 0. The lowest BCUT2D eigenvalue weighted by molar-refractivity contribution is -0.542. The van der Waals surface area contributed by atoms with Gasteiger partial charge in [0.1, 0.15) is 5.60 Å². The molecule has 0 aromatic carbocycles. The van der Waals surface area contributed by atoms with E-state index in [0.717, 1.165) is 30.1 Å². The van der Waals surface area contributed by atoms with Crippen LogP contribution in [-0.2, 0) is 28.8 Å². The Hall–Kier alpha value is -1.28. The Bertz CT molecular complexity index is 619. The first kappa shape index (κ1) is 21.4. The first-order valence-electron chi connectivity index (χ1n) is 10.4. The Morgan fingerprint density at radius 3 is 2.21 bits per heavy atom. The van der Waals surface area contributed by atoms with Crippen molar-refractivity contribution >= 4 is 11.8 Å². The molecule has 0 spiro atoms. The van der Waals surface area contributed by atoms with Crippen LogP contribution >= 0.6 is 0 Å². The largest absolute Gasteiger partial charge is 0.326 e. The highest BCUT2D eigenvalue weighted by atomic mass is 17.3. The van der Waals surface area contributed by atoms with Crippen LogP contribution in [0.4, 0.5) is 0 Å². The Kier molecular flexibility index (Phi) is 6.01. The minimum Gasteiger partial charge on any atom is -0.326 e. The van der Waals surface area contributed by atoms with Gasteiger partial charge in [0.15, 0.2) is 0 Å². The molecule has 0 N–H and O–H groups in total. The Balaban J connectivity index is 1.68. The SMILES string of the molecule is CCOC(CCN1C(=O)C=CC1=O)(OCC)OOC1(C)CCC2CC1C2(C)C. The van der Waals surface area contributed by atoms with Crippen LogP contribution in [0, 0.1) is 17.3 Å². The second-order valence-electron chi connectivity index (χ2n) is 8.79. The van der Waals surface area contributed by atoms with Crippen molar-refractivity contribution in [1.82, 2.24) is 4.90 Å². The Morgan fingerprint density at radius 2 is 1.71 bits per heavy atom. The number of nitrogens with zero attached hydrogens (tertiary/aromatic N) is 1. The molecule has 0 aromatic heterocycles. The van der Waals surface area contributed by atoms with Crippen molar-refractivity contribution < 1.29 is 28.8 Å². The molecule has 0 aromatic rings. The van der Waals surface area contributed by atoms with Crippen LogP contribution < -0.4 is 0 Å². The topological polar surface area (TPSA) is 74.3 Å². The smallest absolute Gasteiger partial charge is 0.313 e. The third-order valence-electron chi connectivity index (χ3n) is 6.83. The Morgan fingerprint density at radius 1 is 1.11 bits per heavy atom. The fraction of sp³-hybridized carbons (Fsp3) is 0.810. The zero-order valence-electron chi connectivity index (χ0n) is 17.7. The number of carbonyl (C=O) groups excluding carboxylic acids is 2. The van der Waals surface area contributed by atoms with E-state index in [1.165, 1.54) is 12.2 Å². The minimum atomic E-state index is -1.46. The molecule has 1 aliphatic heterocycles. The molecule has 7 nitrogen and oxygen atoms in total. The van der Waals surface area contributed by atoms with Gasteiger partial charge < -0.3 is 9.47 Å². The average molecular weight is 395 g/mol.